The van der Waals surface area contributed by atoms with Gasteiger partial charge in [-0.1, -0.05) is 41.9 Å². The van der Waals surface area contributed by atoms with Gasteiger partial charge in [0.15, 0.2) is 0 Å². The number of carbonyl (C=O) groups is 2. The zero-order valence-electron chi connectivity index (χ0n) is 16.6. The normalized spacial score (nSPS) is 12.4. The van der Waals surface area contributed by atoms with Gasteiger partial charge in [-0.15, -0.1) is 0 Å². The van der Waals surface area contributed by atoms with Crippen molar-refractivity contribution in [2.24, 2.45) is 0 Å². The Morgan fingerprint density at radius 1 is 1.14 bits per heavy atom. The molecule has 0 aliphatic carbocycles. The molecule has 150 valence electrons. The van der Waals surface area contributed by atoms with Crippen molar-refractivity contribution in [3.05, 3.63) is 70.5 Å². The molecule has 1 unspecified atom stereocenters. The first-order valence-electron chi connectivity index (χ1n) is 9.16. The van der Waals surface area contributed by atoms with Crippen LogP contribution in [0, 0.1) is 5.82 Å². The second-order valence-electron chi connectivity index (χ2n) is 7.83. The lowest BCUT2D eigenvalue weighted by Gasteiger charge is -2.31. The van der Waals surface area contributed by atoms with Gasteiger partial charge in [-0.05, 0) is 57.0 Å². The minimum atomic E-state index is -0.725. The summed E-state index contributed by atoms with van der Waals surface area (Å²) in [6.07, 6.45) is -0.125. The molecule has 0 bridgehead atoms. The molecular formula is C22H26ClFN2O2. The quantitative estimate of drug-likeness (QED) is 0.777. The highest BCUT2D eigenvalue weighted by atomic mass is 35.5. The molecule has 6 heteroatoms. The Labute approximate surface area is 170 Å². The van der Waals surface area contributed by atoms with Crippen molar-refractivity contribution in [1.82, 2.24) is 10.2 Å². The van der Waals surface area contributed by atoms with Crippen LogP contribution in [0.5, 0.6) is 0 Å². The summed E-state index contributed by atoms with van der Waals surface area (Å²) in [4.78, 5) is 27.1. The Balaban J connectivity index is 2.27. The lowest BCUT2D eigenvalue weighted by molar-refractivity contribution is -0.140. The van der Waals surface area contributed by atoms with E-state index in [1.165, 1.54) is 11.0 Å². The molecule has 2 amide bonds. The highest BCUT2D eigenvalue weighted by Gasteiger charge is 2.28. The molecule has 0 aliphatic heterocycles. The van der Waals surface area contributed by atoms with Crippen LogP contribution in [0.2, 0.25) is 5.02 Å². The average Bonchev–Trinajstić information content (AvgIpc) is 2.59. The number of hydrogen-bond donors (Lipinski definition) is 1. The molecule has 28 heavy (non-hydrogen) atoms. The van der Waals surface area contributed by atoms with Crippen LogP contribution in [0.4, 0.5) is 4.39 Å². The van der Waals surface area contributed by atoms with Gasteiger partial charge in [0.2, 0.25) is 11.8 Å². The minimum Gasteiger partial charge on any atom is -0.350 e. The van der Waals surface area contributed by atoms with Gasteiger partial charge in [0.1, 0.15) is 11.9 Å². The summed E-state index contributed by atoms with van der Waals surface area (Å²) < 4.78 is 14.0. The first kappa shape index (κ1) is 21.9. The van der Waals surface area contributed by atoms with Crippen molar-refractivity contribution in [3.63, 3.8) is 0 Å². The highest BCUT2D eigenvalue weighted by molar-refractivity contribution is 6.30. The zero-order chi connectivity index (χ0) is 20.9. The van der Waals surface area contributed by atoms with Crippen molar-refractivity contribution in [2.75, 3.05) is 0 Å². The Bertz CT molecular complexity index is 848. The standard InChI is InChI=1S/C22H26ClFN2O2/c1-15(21(28)25-22(2,3)4)26(14-16-8-7-10-18(23)12-16)20(27)13-17-9-5-6-11-19(17)24/h5-12,15H,13-14H2,1-4H3,(H,25,28). The topological polar surface area (TPSA) is 49.4 Å². The van der Waals surface area contributed by atoms with Crippen LogP contribution in [0.3, 0.4) is 0 Å². The molecule has 2 aromatic carbocycles. The molecule has 4 nitrogen and oxygen atoms in total. The fourth-order valence-electron chi connectivity index (χ4n) is 2.79. The molecule has 0 spiro atoms. The molecule has 0 saturated heterocycles. The smallest absolute Gasteiger partial charge is 0.242 e. The molecule has 2 aromatic rings. The van der Waals surface area contributed by atoms with Crippen LogP contribution in [0.15, 0.2) is 48.5 Å². The molecule has 0 heterocycles. The number of halogens is 2. The van der Waals surface area contributed by atoms with Gasteiger partial charge in [0.05, 0.1) is 6.42 Å². The van der Waals surface area contributed by atoms with E-state index in [1.54, 1.807) is 43.3 Å². The summed E-state index contributed by atoms with van der Waals surface area (Å²) in [5, 5.41) is 3.44. The summed E-state index contributed by atoms with van der Waals surface area (Å²) in [6, 6.07) is 12.5. The largest absolute Gasteiger partial charge is 0.350 e. The molecule has 0 radical (unpaired) electrons. The molecule has 0 fully saturated rings. The summed E-state index contributed by atoms with van der Waals surface area (Å²) in [7, 11) is 0. The van der Waals surface area contributed by atoms with E-state index in [4.69, 9.17) is 11.6 Å². The third-order valence-electron chi connectivity index (χ3n) is 4.21. The third-order valence-corrected chi connectivity index (χ3v) is 4.44. The van der Waals surface area contributed by atoms with Crippen molar-refractivity contribution in [2.45, 2.75) is 52.2 Å². The van der Waals surface area contributed by atoms with Gasteiger partial charge in [0, 0.05) is 17.1 Å². The number of hydrogen-bond acceptors (Lipinski definition) is 2. The van der Waals surface area contributed by atoms with Gasteiger partial charge in [-0.3, -0.25) is 9.59 Å². The highest BCUT2D eigenvalue weighted by Crippen LogP contribution is 2.17. The van der Waals surface area contributed by atoms with E-state index in [0.717, 1.165) is 5.56 Å². The van der Waals surface area contributed by atoms with E-state index in [0.29, 0.717) is 10.6 Å². The minimum absolute atomic E-state index is 0.125. The number of nitrogens with one attached hydrogen (secondary N) is 1. The summed E-state index contributed by atoms with van der Waals surface area (Å²) in [5.74, 6) is -1.04. The van der Waals surface area contributed by atoms with Crippen molar-refractivity contribution in [1.29, 1.82) is 0 Å². The van der Waals surface area contributed by atoms with Crippen molar-refractivity contribution in [3.8, 4) is 0 Å². The average molecular weight is 405 g/mol. The van der Waals surface area contributed by atoms with E-state index >= 15 is 0 Å². The Hall–Kier alpha value is -2.40. The van der Waals surface area contributed by atoms with Gasteiger partial charge in [0.25, 0.3) is 0 Å². The van der Waals surface area contributed by atoms with Crippen molar-refractivity contribution < 1.29 is 14.0 Å². The van der Waals surface area contributed by atoms with Crippen molar-refractivity contribution >= 4 is 23.4 Å². The molecule has 2 rings (SSSR count). The number of amides is 2. The SMILES string of the molecule is CC(C(=O)NC(C)(C)C)N(Cc1cccc(Cl)c1)C(=O)Cc1ccccc1F. The third kappa shape index (κ3) is 6.34. The van der Waals surface area contributed by atoms with E-state index in [9.17, 15) is 14.0 Å². The number of benzene rings is 2. The van der Waals surface area contributed by atoms with Crippen LogP contribution in [-0.2, 0) is 22.6 Å². The van der Waals surface area contributed by atoms with Crippen LogP contribution in [0.25, 0.3) is 0 Å². The zero-order valence-corrected chi connectivity index (χ0v) is 17.4. The van der Waals surface area contributed by atoms with Gasteiger partial charge < -0.3 is 10.2 Å². The monoisotopic (exact) mass is 404 g/mol. The Morgan fingerprint density at radius 3 is 2.43 bits per heavy atom. The maximum atomic E-state index is 14.0. The maximum absolute atomic E-state index is 14.0. The van der Waals surface area contributed by atoms with Gasteiger partial charge in [-0.2, -0.15) is 0 Å². The lowest BCUT2D eigenvalue weighted by Crippen LogP contribution is -2.52. The van der Waals surface area contributed by atoms with E-state index < -0.39 is 17.4 Å². The first-order valence-corrected chi connectivity index (χ1v) is 9.54. The van der Waals surface area contributed by atoms with E-state index in [-0.39, 0.29) is 24.8 Å². The predicted octanol–water partition coefficient (Wildman–Crippen LogP) is 4.35. The second kappa shape index (κ2) is 9.20. The van der Waals surface area contributed by atoms with E-state index in [1.807, 2.05) is 26.8 Å². The molecule has 0 aromatic heterocycles. The van der Waals surface area contributed by atoms with E-state index in [2.05, 4.69) is 5.32 Å². The molecule has 0 aliphatic rings. The number of rotatable bonds is 6. The second-order valence-corrected chi connectivity index (χ2v) is 8.27. The van der Waals surface area contributed by atoms with Crippen LogP contribution >= 0.6 is 11.6 Å². The van der Waals surface area contributed by atoms with Gasteiger partial charge >= 0.3 is 0 Å². The van der Waals surface area contributed by atoms with Crippen LogP contribution in [0.1, 0.15) is 38.8 Å². The fraction of sp³-hybridized carbons (Fsp3) is 0.364. The Kier molecular flexibility index (Phi) is 7.19. The molecular weight excluding hydrogens is 379 g/mol. The predicted molar refractivity (Wildman–Crippen MR) is 109 cm³/mol. The summed E-state index contributed by atoms with van der Waals surface area (Å²) in [5.41, 5.74) is 0.665. The number of nitrogens with zero attached hydrogens (tertiary/aromatic N) is 1. The summed E-state index contributed by atoms with van der Waals surface area (Å²) in [6.45, 7) is 7.50. The van der Waals surface area contributed by atoms with Crippen LogP contribution in [-0.4, -0.2) is 28.3 Å². The van der Waals surface area contributed by atoms with Gasteiger partial charge in [-0.25, -0.2) is 4.39 Å². The lowest BCUT2D eigenvalue weighted by atomic mass is 10.1. The summed E-state index contributed by atoms with van der Waals surface area (Å²) >= 11 is 6.06. The molecule has 0 saturated carbocycles. The first-order chi connectivity index (χ1) is 13.1. The Morgan fingerprint density at radius 2 is 1.82 bits per heavy atom. The number of carbonyl (C=O) groups excluding carboxylic acids is 2. The molecule has 1 N–H and O–H groups in total. The maximum Gasteiger partial charge on any atom is 0.242 e. The fourth-order valence-corrected chi connectivity index (χ4v) is 3.01. The molecule has 1 atom stereocenters. The van der Waals surface area contributed by atoms with Crippen LogP contribution < -0.4 is 5.32 Å².